The van der Waals surface area contributed by atoms with Gasteiger partial charge < -0.3 is 0 Å². The fraction of sp³-hybridized carbons (Fsp3) is 0.143. The Morgan fingerprint density at radius 3 is 2.50 bits per heavy atom. The third kappa shape index (κ3) is 1.53. The standard InChI is InChI=1S/C7H3F3N2/c1-11-5-3-2-4-12-6(5)7(8,9)10/h2-4H. The van der Waals surface area contributed by atoms with Crippen molar-refractivity contribution in [2.45, 2.75) is 6.18 Å². The minimum Gasteiger partial charge on any atom is -0.264 e. The first-order valence-electron chi connectivity index (χ1n) is 2.95. The van der Waals surface area contributed by atoms with Crippen molar-refractivity contribution in [1.82, 2.24) is 4.98 Å². The van der Waals surface area contributed by atoms with Gasteiger partial charge in [0.1, 0.15) is 0 Å². The lowest BCUT2D eigenvalue weighted by Crippen LogP contribution is -2.07. The molecule has 0 aliphatic carbocycles. The van der Waals surface area contributed by atoms with Crippen LogP contribution in [-0.2, 0) is 6.18 Å². The first kappa shape index (κ1) is 8.53. The number of pyridine rings is 1. The van der Waals surface area contributed by atoms with Crippen LogP contribution in [0, 0.1) is 6.57 Å². The molecule has 1 rings (SSSR count). The Hall–Kier alpha value is -1.57. The summed E-state index contributed by atoms with van der Waals surface area (Å²) in [5.41, 5.74) is -1.59. The lowest BCUT2D eigenvalue weighted by molar-refractivity contribution is -0.140. The predicted molar refractivity (Wildman–Crippen MR) is 35.5 cm³/mol. The van der Waals surface area contributed by atoms with Gasteiger partial charge in [0.25, 0.3) is 0 Å². The average molecular weight is 172 g/mol. The third-order valence-electron chi connectivity index (χ3n) is 1.18. The van der Waals surface area contributed by atoms with Gasteiger partial charge in [-0.3, -0.25) is 4.98 Å². The molecule has 0 amide bonds. The van der Waals surface area contributed by atoms with Crippen LogP contribution in [-0.4, -0.2) is 4.98 Å². The first-order valence-corrected chi connectivity index (χ1v) is 2.95. The molecule has 2 nitrogen and oxygen atoms in total. The van der Waals surface area contributed by atoms with Gasteiger partial charge in [-0.15, -0.1) is 0 Å². The highest BCUT2D eigenvalue weighted by Crippen LogP contribution is 2.33. The number of alkyl halides is 3. The second-order valence-corrected chi connectivity index (χ2v) is 1.98. The lowest BCUT2D eigenvalue weighted by Gasteiger charge is -2.05. The summed E-state index contributed by atoms with van der Waals surface area (Å²) in [6.45, 7) is 6.45. The second-order valence-electron chi connectivity index (χ2n) is 1.98. The van der Waals surface area contributed by atoms with E-state index in [9.17, 15) is 13.2 Å². The highest BCUT2D eigenvalue weighted by atomic mass is 19.4. The zero-order valence-corrected chi connectivity index (χ0v) is 5.76. The van der Waals surface area contributed by atoms with Crippen LogP contribution in [0.3, 0.4) is 0 Å². The number of halogens is 3. The fourth-order valence-electron chi connectivity index (χ4n) is 0.705. The molecule has 0 bridgehead atoms. The van der Waals surface area contributed by atoms with E-state index in [2.05, 4.69) is 9.83 Å². The van der Waals surface area contributed by atoms with Crippen molar-refractivity contribution in [3.05, 3.63) is 35.4 Å². The van der Waals surface area contributed by atoms with Gasteiger partial charge in [-0.25, -0.2) is 4.85 Å². The third-order valence-corrected chi connectivity index (χ3v) is 1.18. The molecule has 62 valence electrons. The van der Waals surface area contributed by atoms with Crippen LogP contribution < -0.4 is 0 Å². The van der Waals surface area contributed by atoms with Crippen molar-refractivity contribution in [2.24, 2.45) is 0 Å². The van der Waals surface area contributed by atoms with Crippen LogP contribution >= 0.6 is 0 Å². The highest BCUT2D eigenvalue weighted by molar-refractivity contribution is 5.49. The van der Waals surface area contributed by atoms with E-state index in [0.29, 0.717) is 0 Å². The summed E-state index contributed by atoms with van der Waals surface area (Å²) in [7, 11) is 0. The Balaban J connectivity index is 3.26. The van der Waals surface area contributed by atoms with E-state index < -0.39 is 17.6 Å². The molecular formula is C7H3F3N2. The van der Waals surface area contributed by atoms with Crippen molar-refractivity contribution >= 4 is 5.69 Å². The molecule has 0 saturated carbocycles. The second kappa shape index (κ2) is 2.81. The Labute approximate surface area is 66.5 Å². The topological polar surface area (TPSA) is 17.2 Å². The highest BCUT2D eigenvalue weighted by Gasteiger charge is 2.34. The molecule has 0 saturated heterocycles. The number of hydrogen-bond donors (Lipinski definition) is 0. The van der Waals surface area contributed by atoms with Crippen molar-refractivity contribution in [2.75, 3.05) is 0 Å². The van der Waals surface area contributed by atoms with E-state index in [0.717, 1.165) is 12.3 Å². The van der Waals surface area contributed by atoms with E-state index in [4.69, 9.17) is 6.57 Å². The Kier molecular flexibility index (Phi) is 2.00. The summed E-state index contributed by atoms with van der Waals surface area (Å²) < 4.78 is 36.1. The minimum absolute atomic E-state index is 0.468. The molecular weight excluding hydrogens is 169 g/mol. The summed E-state index contributed by atoms with van der Waals surface area (Å²) in [5.74, 6) is 0. The molecule has 5 heteroatoms. The maximum atomic E-state index is 12.0. The van der Waals surface area contributed by atoms with Gasteiger partial charge in [-0.1, -0.05) is 12.1 Å². The SMILES string of the molecule is [C-]#[N+]c1cccnc1C(F)(F)F. The Morgan fingerprint density at radius 2 is 2.08 bits per heavy atom. The van der Waals surface area contributed by atoms with Gasteiger partial charge in [-0.2, -0.15) is 13.2 Å². The van der Waals surface area contributed by atoms with E-state index in [-0.39, 0.29) is 0 Å². The maximum absolute atomic E-state index is 12.0. The van der Waals surface area contributed by atoms with E-state index in [1.54, 1.807) is 0 Å². The smallest absolute Gasteiger partial charge is 0.264 e. The Bertz CT molecular complexity index is 324. The zero-order valence-electron chi connectivity index (χ0n) is 5.76. The molecule has 12 heavy (non-hydrogen) atoms. The first-order chi connectivity index (χ1) is 5.55. The van der Waals surface area contributed by atoms with E-state index in [1.807, 2.05) is 0 Å². The molecule has 0 fully saturated rings. The van der Waals surface area contributed by atoms with Crippen molar-refractivity contribution in [3.63, 3.8) is 0 Å². The van der Waals surface area contributed by atoms with Crippen molar-refractivity contribution < 1.29 is 13.2 Å². The molecule has 0 aromatic carbocycles. The van der Waals surface area contributed by atoms with Crippen LogP contribution in [0.5, 0.6) is 0 Å². The molecule has 1 aromatic heterocycles. The largest absolute Gasteiger partial charge is 0.423 e. The normalized spacial score (nSPS) is 10.8. The molecule has 1 heterocycles. The van der Waals surface area contributed by atoms with Gasteiger partial charge in [0.2, 0.25) is 5.69 Å². The molecule has 1 aromatic rings. The van der Waals surface area contributed by atoms with Gasteiger partial charge in [-0.05, 0) is 0 Å². The van der Waals surface area contributed by atoms with Gasteiger partial charge in [0.05, 0.1) is 6.57 Å². The number of aromatic nitrogens is 1. The van der Waals surface area contributed by atoms with Crippen LogP contribution in [0.4, 0.5) is 18.9 Å². The number of rotatable bonds is 0. The monoisotopic (exact) mass is 172 g/mol. The quantitative estimate of drug-likeness (QED) is 0.550. The number of hydrogen-bond acceptors (Lipinski definition) is 1. The van der Waals surface area contributed by atoms with Gasteiger partial charge in [0, 0.05) is 6.20 Å². The van der Waals surface area contributed by atoms with Gasteiger partial charge >= 0.3 is 6.18 Å². The molecule has 0 radical (unpaired) electrons. The van der Waals surface area contributed by atoms with Crippen LogP contribution in [0.1, 0.15) is 5.69 Å². The van der Waals surface area contributed by atoms with Crippen molar-refractivity contribution in [3.8, 4) is 0 Å². The summed E-state index contributed by atoms with van der Waals surface area (Å²) in [4.78, 5) is 5.79. The average Bonchev–Trinajstić information content (AvgIpc) is 2.03. The zero-order chi connectivity index (χ0) is 9.19. The molecule has 0 atom stereocenters. The molecule has 0 aliphatic rings. The molecule has 0 unspecified atom stereocenters. The number of nitrogens with zero attached hydrogens (tertiary/aromatic N) is 2. The van der Waals surface area contributed by atoms with Crippen molar-refractivity contribution in [1.29, 1.82) is 0 Å². The molecule has 0 spiro atoms. The van der Waals surface area contributed by atoms with E-state index in [1.165, 1.54) is 6.07 Å². The summed E-state index contributed by atoms with van der Waals surface area (Å²) in [6, 6.07) is 2.38. The molecule has 0 N–H and O–H groups in total. The predicted octanol–water partition coefficient (Wildman–Crippen LogP) is 2.65. The van der Waals surface area contributed by atoms with Crippen LogP contribution in [0.2, 0.25) is 0 Å². The molecule has 0 aliphatic heterocycles. The van der Waals surface area contributed by atoms with Crippen LogP contribution in [0.25, 0.3) is 4.85 Å². The lowest BCUT2D eigenvalue weighted by atomic mass is 10.3. The fourth-order valence-corrected chi connectivity index (χ4v) is 0.705. The summed E-state index contributed by atoms with van der Waals surface area (Å²) in [6.07, 6.45) is -3.53. The summed E-state index contributed by atoms with van der Waals surface area (Å²) in [5, 5.41) is 0. The minimum atomic E-state index is -4.54. The van der Waals surface area contributed by atoms with E-state index >= 15 is 0 Å². The summed E-state index contributed by atoms with van der Waals surface area (Å²) >= 11 is 0. The maximum Gasteiger partial charge on any atom is 0.423 e. The van der Waals surface area contributed by atoms with Crippen LogP contribution in [0.15, 0.2) is 18.3 Å². The van der Waals surface area contributed by atoms with Gasteiger partial charge in [0.15, 0.2) is 5.69 Å². The Morgan fingerprint density at radius 1 is 1.42 bits per heavy atom.